The lowest BCUT2D eigenvalue weighted by atomic mass is 10.2. The molecule has 7 nitrogen and oxygen atoms in total. The van der Waals surface area contributed by atoms with Crippen molar-refractivity contribution in [3.63, 3.8) is 0 Å². The van der Waals surface area contributed by atoms with Crippen molar-refractivity contribution < 1.29 is 9.18 Å². The minimum absolute atomic E-state index is 0.131. The third-order valence-corrected chi connectivity index (χ3v) is 6.28. The molecular weight excluding hydrogens is 435 g/mol. The molecule has 0 aliphatic carbocycles. The number of aryl methyl sites for hydroxylation is 1. The van der Waals surface area contributed by atoms with Crippen molar-refractivity contribution in [1.29, 1.82) is 0 Å². The molecule has 0 bridgehead atoms. The summed E-state index contributed by atoms with van der Waals surface area (Å²) >= 11 is 2.68. The van der Waals surface area contributed by atoms with Gasteiger partial charge in [0.15, 0.2) is 5.13 Å². The number of anilines is 1. The quantitative estimate of drug-likeness (QED) is 0.370. The summed E-state index contributed by atoms with van der Waals surface area (Å²) in [5, 5.41) is 14.6. The van der Waals surface area contributed by atoms with Crippen LogP contribution in [0.5, 0.6) is 0 Å². The molecule has 0 N–H and O–H groups in total. The van der Waals surface area contributed by atoms with Crippen LogP contribution in [-0.2, 0) is 17.9 Å². The first-order valence-electron chi connectivity index (χ1n) is 9.58. The van der Waals surface area contributed by atoms with E-state index in [0.29, 0.717) is 23.4 Å². The highest BCUT2D eigenvalue weighted by molar-refractivity contribution is 7.99. The maximum atomic E-state index is 13.3. The van der Waals surface area contributed by atoms with Crippen LogP contribution in [0.3, 0.4) is 0 Å². The molecule has 2 heterocycles. The molecule has 0 spiro atoms. The van der Waals surface area contributed by atoms with Crippen LogP contribution in [0.15, 0.2) is 65.1 Å². The molecule has 0 aliphatic rings. The van der Waals surface area contributed by atoms with Crippen LogP contribution < -0.4 is 4.90 Å². The Balaban J connectivity index is 1.57. The number of amides is 1. The maximum Gasteiger partial charge on any atom is 0.239 e. The third kappa shape index (κ3) is 5.15. The molecule has 0 unspecified atom stereocenters. The average Bonchev–Trinajstić information content (AvgIpc) is 3.47. The second-order valence-electron chi connectivity index (χ2n) is 6.55. The summed E-state index contributed by atoms with van der Waals surface area (Å²) in [6.45, 7) is 2.85. The minimum Gasteiger partial charge on any atom is -0.283 e. The van der Waals surface area contributed by atoms with E-state index >= 15 is 0 Å². The van der Waals surface area contributed by atoms with E-state index in [2.05, 4.69) is 20.5 Å². The highest BCUT2D eigenvalue weighted by Crippen LogP contribution is 2.29. The van der Waals surface area contributed by atoms with E-state index in [4.69, 9.17) is 0 Å². The summed E-state index contributed by atoms with van der Waals surface area (Å²) in [4.78, 5) is 19.5. The van der Waals surface area contributed by atoms with E-state index < -0.39 is 0 Å². The van der Waals surface area contributed by atoms with Gasteiger partial charge >= 0.3 is 0 Å². The fraction of sp³-hybridized carbons (Fsp3) is 0.190. The average molecular weight is 455 g/mol. The van der Waals surface area contributed by atoms with Gasteiger partial charge in [-0.25, -0.2) is 14.1 Å². The fourth-order valence-corrected chi connectivity index (χ4v) is 4.53. The van der Waals surface area contributed by atoms with Gasteiger partial charge in [-0.05, 0) is 35.0 Å². The zero-order valence-electron chi connectivity index (χ0n) is 16.7. The molecule has 4 aromatic rings. The smallest absolute Gasteiger partial charge is 0.239 e. The van der Waals surface area contributed by atoms with Gasteiger partial charge in [0, 0.05) is 17.5 Å². The predicted octanol–water partition coefficient (Wildman–Crippen LogP) is 4.28. The highest BCUT2D eigenvalue weighted by atomic mass is 32.2. The van der Waals surface area contributed by atoms with Crippen LogP contribution in [0.2, 0.25) is 0 Å². The molecule has 0 radical (unpaired) electrons. The van der Waals surface area contributed by atoms with Crippen LogP contribution >= 0.6 is 23.1 Å². The van der Waals surface area contributed by atoms with Gasteiger partial charge in [0.05, 0.1) is 18.0 Å². The largest absolute Gasteiger partial charge is 0.283 e. The number of halogens is 1. The summed E-state index contributed by atoms with van der Waals surface area (Å²) in [5.41, 5.74) is 2.60. The Bertz CT molecular complexity index is 1150. The fourth-order valence-electron chi connectivity index (χ4n) is 2.87. The van der Waals surface area contributed by atoms with E-state index in [1.165, 1.54) is 35.2 Å². The SMILES string of the molecule is CCn1nnnc1SCC(=O)N(Cc1ccc(F)cc1)c1nc(-c2ccccc2)cs1. The van der Waals surface area contributed by atoms with E-state index in [1.54, 1.807) is 21.7 Å². The van der Waals surface area contributed by atoms with Crippen LogP contribution in [0.1, 0.15) is 12.5 Å². The summed E-state index contributed by atoms with van der Waals surface area (Å²) in [7, 11) is 0. The monoisotopic (exact) mass is 454 g/mol. The molecule has 0 aliphatic heterocycles. The molecule has 1 amide bonds. The number of benzene rings is 2. The number of thiazole rings is 1. The first kappa shape index (κ1) is 21.1. The van der Waals surface area contributed by atoms with Gasteiger partial charge in [-0.2, -0.15) is 0 Å². The summed E-state index contributed by atoms with van der Waals surface area (Å²) in [6, 6.07) is 15.9. The zero-order chi connectivity index (χ0) is 21.6. The third-order valence-electron chi connectivity index (χ3n) is 4.47. The van der Waals surface area contributed by atoms with Crippen molar-refractivity contribution in [2.45, 2.75) is 25.2 Å². The molecule has 4 rings (SSSR count). The van der Waals surface area contributed by atoms with Gasteiger partial charge in [0.25, 0.3) is 0 Å². The van der Waals surface area contributed by atoms with Crippen molar-refractivity contribution in [3.05, 3.63) is 71.4 Å². The Hall–Kier alpha value is -3.11. The van der Waals surface area contributed by atoms with Gasteiger partial charge in [-0.1, -0.05) is 54.2 Å². The Kier molecular flexibility index (Phi) is 6.68. The zero-order valence-corrected chi connectivity index (χ0v) is 18.3. The van der Waals surface area contributed by atoms with Gasteiger partial charge in [0.2, 0.25) is 11.1 Å². The van der Waals surface area contributed by atoms with Crippen LogP contribution in [0.4, 0.5) is 9.52 Å². The topological polar surface area (TPSA) is 76.8 Å². The van der Waals surface area contributed by atoms with Crippen molar-refractivity contribution in [2.24, 2.45) is 0 Å². The molecule has 2 aromatic heterocycles. The Labute approximate surface area is 186 Å². The lowest BCUT2D eigenvalue weighted by molar-refractivity contribution is -0.116. The first-order chi connectivity index (χ1) is 15.1. The molecule has 10 heteroatoms. The lowest BCUT2D eigenvalue weighted by Crippen LogP contribution is -2.32. The molecule has 31 heavy (non-hydrogen) atoms. The molecule has 0 saturated carbocycles. The highest BCUT2D eigenvalue weighted by Gasteiger charge is 2.21. The maximum absolute atomic E-state index is 13.3. The van der Waals surface area contributed by atoms with Crippen molar-refractivity contribution >= 4 is 34.1 Å². The number of nitrogens with zero attached hydrogens (tertiary/aromatic N) is 6. The van der Waals surface area contributed by atoms with Crippen molar-refractivity contribution in [2.75, 3.05) is 10.7 Å². The molecule has 0 atom stereocenters. The van der Waals surface area contributed by atoms with E-state index in [0.717, 1.165) is 16.8 Å². The van der Waals surface area contributed by atoms with E-state index in [9.17, 15) is 9.18 Å². The molecule has 158 valence electrons. The number of thioether (sulfide) groups is 1. The van der Waals surface area contributed by atoms with Gasteiger partial charge in [-0.15, -0.1) is 16.4 Å². The number of aromatic nitrogens is 5. The van der Waals surface area contributed by atoms with Crippen LogP contribution in [0, 0.1) is 5.82 Å². The van der Waals surface area contributed by atoms with Crippen LogP contribution in [0.25, 0.3) is 11.3 Å². The van der Waals surface area contributed by atoms with E-state index in [-0.39, 0.29) is 17.5 Å². The van der Waals surface area contributed by atoms with Gasteiger partial charge < -0.3 is 0 Å². The molecule has 0 fully saturated rings. The number of hydrogen-bond donors (Lipinski definition) is 0. The number of rotatable bonds is 8. The number of carbonyl (C=O) groups excluding carboxylic acids is 1. The Morgan fingerprint density at radius 1 is 1.16 bits per heavy atom. The molecular formula is C21H19FN6OS2. The van der Waals surface area contributed by atoms with Gasteiger partial charge in [-0.3, -0.25) is 9.69 Å². The standard InChI is InChI=1S/C21H19FN6OS2/c1-2-28-21(24-25-26-28)31-14-19(29)27(12-15-8-10-17(22)11-9-15)20-23-18(13-30-20)16-6-4-3-5-7-16/h3-11,13H,2,12,14H2,1H3. The summed E-state index contributed by atoms with van der Waals surface area (Å²) in [6.07, 6.45) is 0. The predicted molar refractivity (Wildman–Crippen MR) is 119 cm³/mol. The molecule has 0 saturated heterocycles. The molecule has 2 aromatic carbocycles. The van der Waals surface area contributed by atoms with Crippen molar-refractivity contribution in [3.8, 4) is 11.3 Å². The second-order valence-corrected chi connectivity index (χ2v) is 8.33. The normalized spacial score (nSPS) is 10.9. The van der Waals surface area contributed by atoms with Gasteiger partial charge in [0.1, 0.15) is 5.82 Å². The number of tetrazole rings is 1. The Morgan fingerprint density at radius 3 is 2.68 bits per heavy atom. The van der Waals surface area contributed by atoms with E-state index in [1.807, 2.05) is 42.6 Å². The Morgan fingerprint density at radius 2 is 1.94 bits per heavy atom. The number of hydrogen-bond acceptors (Lipinski definition) is 7. The van der Waals surface area contributed by atoms with Crippen LogP contribution in [-0.4, -0.2) is 36.9 Å². The first-order valence-corrected chi connectivity index (χ1v) is 11.5. The lowest BCUT2D eigenvalue weighted by Gasteiger charge is -2.20. The summed E-state index contributed by atoms with van der Waals surface area (Å²) in [5.74, 6) is -0.292. The minimum atomic E-state index is -0.316. The second kappa shape index (κ2) is 9.80. The number of carbonyl (C=O) groups is 1. The summed E-state index contributed by atoms with van der Waals surface area (Å²) < 4.78 is 15.0. The van der Waals surface area contributed by atoms with Crippen molar-refractivity contribution in [1.82, 2.24) is 25.2 Å².